The topological polar surface area (TPSA) is 87.5 Å². The van der Waals surface area contributed by atoms with E-state index in [1.54, 1.807) is 6.20 Å². The number of nitrogens with zero attached hydrogens (tertiary/aromatic N) is 3. The fourth-order valence-electron chi connectivity index (χ4n) is 5.78. The third kappa shape index (κ3) is 4.52. The highest BCUT2D eigenvalue weighted by Gasteiger charge is 2.55. The average molecular weight is 485 g/mol. The van der Waals surface area contributed by atoms with Gasteiger partial charge in [-0.25, -0.2) is 0 Å². The standard InChI is InChI=1S/C29H32N4O3/c1-2-16-32-25-18-33-24(14-13-21(29(33)36)12-11-20-8-4-3-5-9-20)27(32)26(23(25)19-34)28(35)31-17-22-10-6-7-15-30-22/h3-15,23,25-27,34H,2,16-19H2,1H3,(H,31,35)/b12-11+/t23-,25-,26+,27+/m1/s1. The van der Waals surface area contributed by atoms with Crippen LogP contribution in [0.3, 0.4) is 0 Å². The molecule has 2 aliphatic rings. The number of amides is 1. The largest absolute Gasteiger partial charge is 0.396 e. The lowest BCUT2D eigenvalue weighted by atomic mass is 9.86. The number of aliphatic hydroxyl groups excluding tert-OH is 1. The maximum atomic E-state index is 13.5. The van der Waals surface area contributed by atoms with Gasteiger partial charge in [0.05, 0.1) is 24.2 Å². The van der Waals surface area contributed by atoms with Crippen molar-refractivity contribution in [3.63, 3.8) is 0 Å². The molecule has 1 aromatic carbocycles. The summed E-state index contributed by atoms with van der Waals surface area (Å²) in [7, 11) is 0. The summed E-state index contributed by atoms with van der Waals surface area (Å²) in [5.41, 5.74) is 3.21. The Morgan fingerprint density at radius 1 is 1.11 bits per heavy atom. The Bertz CT molecular complexity index is 1290. The SMILES string of the molecule is CCCN1[C@@H]2Cn3c(ccc(/C=C/c4ccccc4)c3=O)[C@H]1[C@@H](C(=O)NCc1ccccn1)[C@@H]2CO. The van der Waals surface area contributed by atoms with Crippen LogP contribution in [0.15, 0.2) is 71.7 Å². The zero-order chi connectivity index (χ0) is 25.1. The second-order valence-corrected chi connectivity index (χ2v) is 9.53. The van der Waals surface area contributed by atoms with Crippen LogP contribution in [0.1, 0.15) is 41.9 Å². The smallest absolute Gasteiger partial charge is 0.258 e. The molecule has 0 saturated carbocycles. The zero-order valence-corrected chi connectivity index (χ0v) is 20.5. The van der Waals surface area contributed by atoms with Gasteiger partial charge in [-0.3, -0.25) is 19.5 Å². The Balaban J connectivity index is 1.48. The van der Waals surface area contributed by atoms with Gasteiger partial charge in [0.1, 0.15) is 0 Å². The first-order valence-electron chi connectivity index (χ1n) is 12.6. The van der Waals surface area contributed by atoms with Gasteiger partial charge in [-0.05, 0) is 48.9 Å². The van der Waals surface area contributed by atoms with E-state index in [1.807, 2.05) is 77.4 Å². The van der Waals surface area contributed by atoms with E-state index in [0.29, 0.717) is 18.7 Å². The quantitative estimate of drug-likeness (QED) is 0.513. The van der Waals surface area contributed by atoms with Crippen LogP contribution in [0.2, 0.25) is 0 Å². The van der Waals surface area contributed by atoms with Crippen molar-refractivity contribution in [2.24, 2.45) is 11.8 Å². The summed E-state index contributed by atoms with van der Waals surface area (Å²) in [5, 5.41) is 13.4. The molecule has 5 rings (SSSR count). The second-order valence-electron chi connectivity index (χ2n) is 9.53. The first-order chi connectivity index (χ1) is 17.6. The highest BCUT2D eigenvalue weighted by molar-refractivity contribution is 5.80. The number of aromatic nitrogens is 2. The van der Waals surface area contributed by atoms with E-state index < -0.39 is 5.92 Å². The molecule has 186 valence electrons. The lowest BCUT2D eigenvalue weighted by Crippen LogP contribution is -2.47. The van der Waals surface area contributed by atoms with Crippen LogP contribution in [0.4, 0.5) is 0 Å². The van der Waals surface area contributed by atoms with Gasteiger partial charge in [-0.2, -0.15) is 0 Å². The van der Waals surface area contributed by atoms with Crippen LogP contribution in [-0.2, 0) is 17.9 Å². The molecule has 0 aliphatic carbocycles. The van der Waals surface area contributed by atoms with Gasteiger partial charge in [-0.15, -0.1) is 0 Å². The second kappa shape index (κ2) is 10.6. The summed E-state index contributed by atoms with van der Waals surface area (Å²) in [5.74, 6) is -0.815. The van der Waals surface area contributed by atoms with Gasteiger partial charge in [0.25, 0.3) is 5.56 Å². The maximum absolute atomic E-state index is 13.5. The van der Waals surface area contributed by atoms with E-state index in [-0.39, 0.29) is 36.1 Å². The lowest BCUT2D eigenvalue weighted by molar-refractivity contribution is -0.127. The molecule has 7 nitrogen and oxygen atoms in total. The van der Waals surface area contributed by atoms with Crippen molar-refractivity contribution in [1.82, 2.24) is 19.8 Å². The number of carbonyl (C=O) groups is 1. The molecule has 0 spiro atoms. The highest BCUT2D eigenvalue weighted by Crippen LogP contribution is 2.48. The number of carbonyl (C=O) groups excluding carboxylic acids is 1. The average Bonchev–Trinajstić information content (AvgIpc) is 3.12. The Labute approximate surface area is 211 Å². The predicted octanol–water partition coefficient (Wildman–Crippen LogP) is 3.10. The van der Waals surface area contributed by atoms with Crippen molar-refractivity contribution >= 4 is 18.1 Å². The normalized spacial score (nSPS) is 23.1. The van der Waals surface area contributed by atoms with Gasteiger partial charge in [-0.1, -0.05) is 49.4 Å². The molecule has 1 fully saturated rings. The number of nitrogens with one attached hydrogen (secondary N) is 1. The summed E-state index contributed by atoms with van der Waals surface area (Å²) in [6.07, 6.45) is 6.42. The fourth-order valence-corrected chi connectivity index (χ4v) is 5.78. The van der Waals surface area contributed by atoms with Crippen LogP contribution in [-0.4, -0.2) is 44.7 Å². The van der Waals surface area contributed by atoms with Crippen LogP contribution in [0.25, 0.3) is 12.2 Å². The minimum Gasteiger partial charge on any atom is -0.396 e. The van der Waals surface area contributed by atoms with Crippen molar-refractivity contribution in [2.45, 2.75) is 38.5 Å². The molecule has 7 heteroatoms. The van der Waals surface area contributed by atoms with Gasteiger partial charge >= 0.3 is 0 Å². The van der Waals surface area contributed by atoms with Crippen molar-refractivity contribution in [3.05, 3.63) is 99.7 Å². The zero-order valence-electron chi connectivity index (χ0n) is 20.5. The number of hydrogen-bond donors (Lipinski definition) is 2. The molecule has 3 aromatic rings. The Morgan fingerprint density at radius 3 is 2.64 bits per heavy atom. The molecule has 1 amide bonds. The minimum absolute atomic E-state index is 0.0583. The van der Waals surface area contributed by atoms with Gasteiger partial charge in [0, 0.05) is 42.6 Å². The van der Waals surface area contributed by atoms with Crippen molar-refractivity contribution in [3.8, 4) is 0 Å². The molecule has 2 aromatic heterocycles. The molecule has 4 heterocycles. The molecular weight excluding hydrogens is 452 g/mol. The molecular formula is C29H32N4O3. The number of pyridine rings is 2. The van der Waals surface area contributed by atoms with Gasteiger partial charge in [0.15, 0.2) is 0 Å². The third-order valence-corrected chi connectivity index (χ3v) is 7.41. The Hall–Kier alpha value is -3.55. The van der Waals surface area contributed by atoms with E-state index >= 15 is 0 Å². The van der Waals surface area contributed by atoms with Crippen molar-refractivity contribution in [2.75, 3.05) is 13.2 Å². The van der Waals surface area contributed by atoms with E-state index in [2.05, 4.69) is 22.1 Å². The summed E-state index contributed by atoms with van der Waals surface area (Å²) in [6, 6.07) is 19.0. The minimum atomic E-state index is -0.450. The lowest BCUT2D eigenvalue weighted by Gasteiger charge is -2.38. The van der Waals surface area contributed by atoms with E-state index in [0.717, 1.165) is 29.9 Å². The van der Waals surface area contributed by atoms with E-state index in [1.165, 1.54) is 0 Å². The van der Waals surface area contributed by atoms with Gasteiger partial charge < -0.3 is 15.0 Å². The number of fused-ring (bicyclic) bond motifs is 4. The molecule has 2 bridgehead atoms. The van der Waals surface area contributed by atoms with Crippen molar-refractivity contribution < 1.29 is 9.90 Å². The van der Waals surface area contributed by atoms with Crippen LogP contribution < -0.4 is 10.9 Å². The number of aliphatic hydroxyl groups is 1. The number of hydrogen-bond acceptors (Lipinski definition) is 5. The number of benzene rings is 1. The molecule has 0 radical (unpaired) electrons. The fraction of sp³-hybridized carbons (Fsp3) is 0.345. The molecule has 4 atom stereocenters. The van der Waals surface area contributed by atoms with Gasteiger partial charge in [0.2, 0.25) is 5.91 Å². The Kier molecular flexibility index (Phi) is 7.11. The van der Waals surface area contributed by atoms with Crippen molar-refractivity contribution in [1.29, 1.82) is 0 Å². The maximum Gasteiger partial charge on any atom is 0.258 e. The highest BCUT2D eigenvalue weighted by atomic mass is 16.3. The monoisotopic (exact) mass is 484 g/mol. The van der Waals surface area contributed by atoms with E-state index in [9.17, 15) is 14.7 Å². The molecule has 1 saturated heterocycles. The molecule has 0 unspecified atom stereocenters. The van der Waals surface area contributed by atoms with Crippen LogP contribution in [0, 0.1) is 11.8 Å². The third-order valence-electron chi connectivity index (χ3n) is 7.41. The van der Waals surface area contributed by atoms with Crippen LogP contribution in [0.5, 0.6) is 0 Å². The first kappa shape index (κ1) is 24.2. The predicted molar refractivity (Wildman–Crippen MR) is 140 cm³/mol. The molecule has 2 N–H and O–H groups in total. The summed E-state index contributed by atoms with van der Waals surface area (Å²) in [4.78, 5) is 33.7. The van der Waals surface area contributed by atoms with E-state index in [4.69, 9.17) is 0 Å². The summed E-state index contributed by atoms with van der Waals surface area (Å²) in [6.45, 7) is 3.61. The Morgan fingerprint density at radius 2 is 1.92 bits per heavy atom. The molecule has 2 aliphatic heterocycles. The first-order valence-corrected chi connectivity index (χ1v) is 12.6. The summed E-state index contributed by atoms with van der Waals surface area (Å²) < 4.78 is 1.82. The van der Waals surface area contributed by atoms with Crippen LogP contribution >= 0.6 is 0 Å². The molecule has 36 heavy (non-hydrogen) atoms. The number of rotatable bonds is 8. The summed E-state index contributed by atoms with van der Waals surface area (Å²) >= 11 is 0.